The highest BCUT2D eigenvalue weighted by atomic mass is 35.5. The molecule has 0 saturated carbocycles. The van der Waals surface area contributed by atoms with Crippen LogP contribution in [0.25, 0.3) is 10.9 Å². The van der Waals surface area contributed by atoms with Gasteiger partial charge in [-0.15, -0.1) is 5.10 Å². The molecule has 6 rings (SSSR count). The summed E-state index contributed by atoms with van der Waals surface area (Å²) in [5.41, 5.74) is 5.87. The number of aromatic nitrogens is 5. The van der Waals surface area contributed by atoms with E-state index in [0.717, 1.165) is 58.9 Å². The zero-order chi connectivity index (χ0) is 26.9. The molecule has 3 aromatic carbocycles. The van der Waals surface area contributed by atoms with E-state index >= 15 is 0 Å². The summed E-state index contributed by atoms with van der Waals surface area (Å²) in [6.07, 6.45) is 0. The second-order valence-electron chi connectivity index (χ2n) is 10.2. The molecule has 0 amide bonds. The van der Waals surface area contributed by atoms with Gasteiger partial charge in [-0.3, -0.25) is 9.69 Å². The lowest BCUT2D eigenvalue weighted by Gasteiger charge is -2.40. The maximum absolute atomic E-state index is 13.6. The zero-order valence-corrected chi connectivity index (χ0v) is 22.8. The normalized spacial score (nSPS) is 15.1. The molecule has 0 spiro atoms. The summed E-state index contributed by atoms with van der Waals surface area (Å²) >= 11 is 6.32. The molecule has 1 aliphatic heterocycles. The molecule has 1 atom stereocenters. The predicted octanol–water partition coefficient (Wildman–Crippen LogP) is 4.74. The number of nitrogens with one attached hydrogen (secondary N) is 1. The van der Waals surface area contributed by atoms with Gasteiger partial charge in [-0.25, -0.2) is 4.68 Å². The van der Waals surface area contributed by atoms with Crippen molar-refractivity contribution in [1.82, 2.24) is 30.1 Å². The first kappa shape index (κ1) is 25.3. The quantitative estimate of drug-likeness (QED) is 0.335. The average Bonchev–Trinajstić information content (AvgIpc) is 3.39. The van der Waals surface area contributed by atoms with Crippen LogP contribution in [0.5, 0.6) is 0 Å². The number of piperazine rings is 1. The number of anilines is 1. The molecule has 5 aromatic rings. The molecule has 1 aliphatic rings. The van der Waals surface area contributed by atoms with Gasteiger partial charge in [0.25, 0.3) is 5.56 Å². The Bertz CT molecular complexity index is 1670. The molecule has 2 aromatic heterocycles. The average molecular weight is 540 g/mol. The number of rotatable bonds is 6. The van der Waals surface area contributed by atoms with Crippen molar-refractivity contribution in [1.29, 1.82) is 0 Å². The topological polar surface area (TPSA) is 82.9 Å². The van der Waals surface area contributed by atoms with Crippen molar-refractivity contribution in [3.05, 3.63) is 116 Å². The van der Waals surface area contributed by atoms with Crippen LogP contribution in [0.2, 0.25) is 5.02 Å². The third kappa shape index (κ3) is 5.17. The first-order valence-electron chi connectivity index (χ1n) is 13.1. The summed E-state index contributed by atoms with van der Waals surface area (Å²) in [7, 11) is 0. The van der Waals surface area contributed by atoms with E-state index in [9.17, 15) is 4.79 Å². The molecule has 8 nitrogen and oxygen atoms in total. The number of tetrazole rings is 1. The fraction of sp³-hybridized carbons (Fsp3) is 0.267. The number of hydrogen-bond donors (Lipinski definition) is 1. The van der Waals surface area contributed by atoms with Gasteiger partial charge < -0.3 is 9.88 Å². The molecule has 0 aliphatic carbocycles. The number of halogens is 1. The zero-order valence-electron chi connectivity index (χ0n) is 22.0. The van der Waals surface area contributed by atoms with Gasteiger partial charge in [0.2, 0.25) is 0 Å². The molecule has 3 heterocycles. The van der Waals surface area contributed by atoms with Crippen LogP contribution < -0.4 is 10.5 Å². The van der Waals surface area contributed by atoms with Crippen LogP contribution in [0.15, 0.2) is 77.6 Å². The van der Waals surface area contributed by atoms with E-state index in [0.29, 0.717) is 17.9 Å². The van der Waals surface area contributed by atoms with Crippen LogP contribution in [-0.4, -0.2) is 56.3 Å². The second-order valence-corrected chi connectivity index (χ2v) is 10.6. The number of pyridine rings is 1. The molecule has 9 heteroatoms. The molecule has 198 valence electrons. The summed E-state index contributed by atoms with van der Waals surface area (Å²) in [5, 5.41) is 14.6. The Balaban J connectivity index is 1.38. The maximum atomic E-state index is 13.6. The number of nitrogens with zero attached hydrogens (tertiary/aromatic N) is 6. The van der Waals surface area contributed by atoms with Crippen molar-refractivity contribution in [3.63, 3.8) is 0 Å². The van der Waals surface area contributed by atoms with E-state index in [-0.39, 0.29) is 5.56 Å². The van der Waals surface area contributed by atoms with E-state index in [1.807, 2.05) is 60.1 Å². The largest absolute Gasteiger partial charge is 0.369 e. The van der Waals surface area contributed by atoms with Crippen LogP contribution in [0, 0.1) is 13.8 Å². The van der Waals surface area contributed by atoms with E-state index < -0.39 is 6.04 Å². The van der Waals surface area contributed by atoms with E-state index in [2.05, 4.69) is 61.5 Å². The van der Waals surface area contributed by atoms with Crippen molar-refractivity contribution in [2.75, 3.05) is 31.1 Å². The first-order valence-corrected chi connectivity index (χ1v) is 13.5. The van der Waals surface area contributed by atoms with E-state index in [4.69, 9.17) is 11.6 Å². The molecular formula is C30H30ClN7O. The molecule has 1 N–H and O–H groups in total. The minimum atomic E-state index is -0.402. The molecule has 0 bridgehead atoms. The van der Waals surface area contributed by atoms with Gasteiger partial charge in [0.05, 0.1) is 6.54 Å². The number of aryl methyl sites for hydroxylation is 2. The van der Waals surface area contributed by atoms with Crippen molar-refractivity contribution in [3.8, 4) is 0 Å². The number of fused-ring (bicyclic) bond motifs is 1. The number of hydrogen-bond acceptors (Lipinski definition) is 6. The monoisotopic (exact) mass is 539 g/mol. The highest BCUT2D eigenvalue weighted by molar-refractivity contribution is 6.30. The van der Waals surface area contributed by atoms with Gasteiger partial charge in [-0.2, -0.15) is 0 Å². The Morgan fingerprint density at radius 3 is 2.54 bits per heavy atom. The number of aromatic amines is 1. The predicted molar refractivity (Wildman–Crippen MR) is 154 cm³/mol. The van der Waals surface area contributed by atoms with Crippen molar-refractivity contribution >= 4 is 28.2 Å². The Kier molecular flexibility index (Phi) is 6.89. The summed E-state index contributed by atoms with van der Waals surface area (Å²) in [4.78, 5) is 21.4. The fourth-order valence-corrected chi connectivity index (χ4v) is 5.62. The lowest BCUT2D eigenvalue weighted by Crippen LogP contribution is -2.49. The molecule has 39 heavy (non-hydrogen) atoms. The lowest BCUT2D eigenvalue weighted by atomic mass is 10.0. The standard InChI is InChI=1S/C30H30ClN7O/c1-20-8-10-23-17-25(30(39)32-26(23)16-20)28(29-33-34-35-38(29)19-22-6-4-3-5-7-22)37-14-12-36(13-15-37)27-18-24(31)11-9-21(27)2/h3-11,16-18,28H,12-15,19H2,1-2H3,(H,32,39). The Labute approximate surface area is 231 Å². The highest BCUT2D eigenvalue weighted by Gasteiger charge is 2.33. The smallest absolute Gasteiger partial charge is 0.253 e. The van der Waals surface area contributed by atoms with Crippen molar-refractivity contribution in [2.24, 2.45) is 0 Å². The van der Waals surface area contributed by atoms with Crippen LogP contribution in [0.4, 0.5) is 5.69 Å². The van der Waals surface area contributed by atoms with E-state index in [1.54, 1.807) is 0 Å². The lowest BCUT2D eigenvalue weighted by molar-refractivity contribution is 0.200. The third-order valence-electron chi connectivity index (χ3n) is 7.50. The Hall–Kier alpha value is -4.01. The summed E-state index contributed by atoms with van der Waals surface area (Å²) in [6, 6.07) is 23.8. The SMILES string of the molecule is Cc1ccc2cc(C(c3nnnn3Cc3ccccc3)N3CCN(c4cc(Cl)ccc4C)CC3)c(=O)[nH]c2c1. The molecular weight excluding hydrogens is 510 g/mol. The fourth-order valence-electron chi connectivity index (χ4n) is 5.45. The van der Waals surface area contributed by atoms with Gasteiger partial charge in [-0.05, 0) is 70.6 Å². The summed E-state index contributed by atoms with van der Waals surface area (Å²) in [6.45, 7) is 7.71. The Morgan fingerprint density at radius 2 is 1.74 bits per heavy atom. The van der Waals surface area contributed by atoms with Gasteiger partial charge in [0.1, 0.15) is 6.04 Å². The second kappa shape index (κ2) is 10.6. The maximum Gasteiger partial charge on any atom is 0.253 e. The van der Waals surface area contributed by atoms with Crippen LogP contribution in [0.1, 0.15) is 34.1 Å². The minimum Gasteiger partial charge on any atom is -0.369 e. The van der Waals surface area contributed by atoms with Crippen LogP contribution in [0.3, 0.4) is 0 Å². The van der Waals surface area contributed by atoms with Gasteiger partial charge in [-0.1, -0.05) is 60.1 Å². The molecule has 0 radical (unpaired) electrons. The minimum absolute atomic E-state index is 0.125. The first-order chi connectivity index (χ1) is 19.0. The van der Waals surface area contributed by atoms with Crippen molar-refractivity contribution < 1.29 is 0 Å². The number of benzene rings is 3. The summed E-state index contributed by atoms with van der Waals surface area (Å²) in [5.74, 6) is 0.656. The molecule has 1 saturated heterocycles. The number of H-pyrrole nitrogens is 1. The summed E-state index contributed by atoms with van der Waals surface area (Å²) < 4.78 is 1.81. The van der Waals surface area contributed by atoms with E-state index in [1.165, 1.54) is 5.56 Å². The molecule has 1 fully saturated rings. The molecule has 1 unspecified atom stereocenters. The van der Waals surface area contributed by atoms with Crippen molar-refractivity contribution in [2.45, 2.75) is 26.4 Å². The highest BCUT2D eigenvalue weighted by Crippen LogP contribution is 2.31. The van der Waals surface area contributed by atoms with Crippen LogP contribution in [-0.2, 0) is 6.54 Å². The van der Waals surface area contributed by atoms with Gasteiger partial charge in [0.15, 0.2) is 5.82 Å². The van der Waals surface area contributed by atoms with Crippen LogP contribution >= 0.6 is 11.6 Å². The van der Waals surface area contributed by atoms with Gasteiger partial charge in [0, 0.05) is 48.0 Å². The van der Waals surface area contributed by atoms with Gasteiger partial charge >= 0.3 is 0 Å². The Morgan fingerprint density at radius 1 is 0.949 bits per heavy atom. The third-order valence-corrected chi connectivity index (χ3v) is 7.73.